The van der Waals surface area contributed by atoms with Crippen molar-refractivity contribution in [3.05, 3.63) is 34.1 Å². The largest absolute Gasteiger partial charge is 0.481 e. The molecule has 0 aliphatic carbocycles. The van der Waals surface area contributed by atoms with Gasteiger partial charge in [0.15, 0.2) is 0 Å². The highest BCUT2D eigenvalue weighted by atomic mass is 32.2. The monoisotopic (exact) mass is 306 g/mol. The highest BCUT2D eigenvalue weighted by molar-refractivity contribution is 7.89. The predicted molar refractivity (Wildman–Crippen MR) is 65.1 cm³/mol. The Morgan fingerprint density at radius 2 is 2.10 bits per heavy atom. The molecule has 1 N–H and O–H groups in total. The molecule has 0 bridgehead atoms. The molecule has 10 heteroatoms. The molecule has 0 heterocycles. The van der Waals surface area contributed by atoms with Crippen LogP contribution in [-0.4, -0.2) is 42.3 Å². The number of aliphatic carboxylic acids is 1. The zero-order valence-corrected chi connectivity index (χ0v) is 11.1. The van der Waals surface area contributed by atoms with E-state index in [1.54, 1.807) is 0 Å². The van der Waals surface area contributed by atoms with Gasteiger partial charge in [0.05, 0.1) is 16.2 Å². The van der Waals surface area contributed by atoms with Crippen LogP contribution in [0.5, 0.6) is 0 Å². The minimum absolute atomic E-state index is 0.295. The SMILES string of the molecule is CN(CCC(=O)O)S(=O)(=O)c1ccc([N+](=O)[O-])c(F)c1. The summed E-state index contributed by atoms with van der Waals surface area (Å²) in [7, 11) is -2.96. The van der Waals surface area contributed by atoms with E-state index in [0.717, 1.165) is 23.5 Å². The highest BCUT2D eigenvalue weighted by Gasteiger charge is 2.24. The Morgan fingerprint density at radius 1 is 1.50 bits per heavy atom. The van der Waals surface area contributed by atoms with E-state index in [-0.39, 0.29) is 6.54 Å². The van der Waals surface area contributed by atoms with Crippen molar-refractivity contribution in [3.8, 4) is 0 Å². The Kier molecular flexibility index (Phi) is 4.73. The fourth-order valence-corrected chi connectivity index (χ4v) is 2.53. The molecule has 8 nitrogen and oxygen atoms in total. The molecule has 0 amide bonds. The maximum Gasteiger partial charge on any atom is 0.304 e. The van der Waals surface area contributed by atoms with Gasteiger partial charge in [-0.1, -0.05) is 0 Å². The number of carboxylic acid groups (broad SMARTS) is 1. The molecule has 20 heavy (non-hydrogen) atoms. The third-order valence-electron chi connectivity index (χ3n) is 2.46. The van der Waals surface area contributed by atoms with E-state index in [9.17, 15) is 27.7 Å². The maximum atomic E-state index is 13.4. The Balaban J connectivity index is 3.07. The molecule has 0 radical (unpaired) electrons. The molecule has 0 fully saturated rings. The first-order valence-corrected chi connectivity index (χ1v) is 6.72. The first-order valence-electron chi connectivity index (χ1n) is 5.28. The smallest absolute Gasteiger partial charge is 0.304 e. The lowest BCUT2D eigenvalue weighted by molar-refractivity contribution is -0.387. The van der Waals surface area contributed by atoms with E-state index in [0.29, 0.717) is 6.07 Å². The van der Waals surface area contributed by atoms with Crippen molar-refractivity contribution >= 4 is 21.7 Å². The summed E-state index contributed by atoms with van der Waals surface area (Å²) < 4.78 is 38.1. The van der Waals surface area contributed by atoms with Crippen LogP contribution in [-0.2, 0) is 14.8 Å². The number of nitrogens with zero attached hydrogens (tertiary/aromatic N) is 2. The normalized spacial score (nSPS) is 11.6. The summed E-state index contributed by atoms with van der Waals surface area (Å²) in [4.78, 5) is 19.4. The average molecular weight is 306 g/mol. The van der Waals surface area contributed by atoms with Gasteiger partial charge in [-0.2, -0.15) is 4.39 Å². The Labute approximate surface area is 113 Å². The van der Waals surface area contributed by atoms with Gasteiger partial charge in [0, 0.05) is 25.7 Å². The van der Waals surface area contributed by atoms with Gasteiger partial charge in [0.1, 0.15) is 0 Å². The zero-order chi connectivity index (χ0) is 15.5. The number of halogens is 1. The lowest BCUT2D eigenvalue weighted by atomic mass is 10.3. The van der Waals surface area contributed by atoms with Gasteiger partial charge >= 0.3 is 11.7 Å². The molecule has 110 valence electrons. The van der Waals surface area contributed by atoms with Gasteiger partial charge in [-0.05, 0) is 6.07 Å². The standard InChI is InChI=1S/C10H11FN2O6S/c1-12(5-4-10(14)15)20(18,19)7-2-3-9(13(16)17)8(11)6-7/h2-3,6H,4-5H2,1H3,(H,14,15). The molecule has 0 aromatic heterocycles. The lowest BCUT2D eigenvalue weighted by Crippen LogP contribution is -2.29. The molecule has 1 rings (SSSR count). The summed E-state index contributed by atoms with van der Waals surface area (Å²) in [6.45, 7) is -0.295. The molecule has 0 unspecified atom stereocenters. The van der Waals surface area contributed by atoms with Gasteiger partial charge in [-0.3, -0.25) is 14.9 Å². The third kappa shape index (κ3) is 3.48. The number of rotatable bonds is 6. The Morgan fingerprint density at radius 3 is 2.55 bits per heavy atom. The van der Waals surface area contributed by atoms with E-state index in [4.69, 9.17) is 5.11 Å². The van der Waals surface area contributed by atoms with Gasteiger partial charge in [0.2, 0.25) is 15.8 Å². The van der Waals surface area contributed by atoms with Crippen molar-refractivity contribution in [2.24, 2.45) is 0 Å². The van der Waals surface area contributed by atoms with Crippen LogP contribution < -0.4 is 0 Å². The van der Waals surface area contributed by atoms with Crippen LogP contribution in [0.1, 0.15) is 6.42 Å². The van der Waals surface area contributed by atoms with E-state index in [1.807, 2.05) is 0 Å². The van der Waals surface area contributed by atoms with Gasteiger partial charge in [-0.25, -0.2) is 12.7 Å². The highest BCUT2D eigenvalue weighted by Crippen LogP contribution is 2.22. The van der Waals surface area contributed by atoms with Crippen molar-refractivity contribution in [3.63, 3.8) is 0 Å². The number of carboxylic acids is 1. The molecular weight excluding hydrogens is 295 g/mol. The van der Waals surface area contributed by atoms with Gasteiger partial charge < -0.3 is 5.11 Å². The summed E-state index contributed by atoms with van der Waals surface area (Å²) >= 11 is 0. The van der Waals surface area contributed by atoms with Gasteiger partial charge in [0.25, 0.3) is 0 Å². The molecule has 1 aromatic rings. The van der Waals surface area contributed by atoms with Crippen molar-refractivity contribution in [1.82, 2.24) is 4.31 Å². The van der Waals surface area contributed by atoms with E-state index in [1.165, 1.54) is 0 Å². The van der Waals surface area contributed by atoms with E-state index < -0.39 is 43.7 Å². The summed E-state index contributed by atoms with van der Waals surface area (Å²) in [5.41, 5.74) is -0.836. The number of sulfonamides is 1. The summed E-state index contributed by atoms with van der Waals surface area (Å²) in [6.07, 6.45) is -0.412. The average Bonchev–Trinajstić information content (AvgIpc) is 2.34. The van der Waals surface area contributed by atoms with Crippen LogP contribution in [0.3, 0.4) is 0 Å². The third-order valence-corrected chi connectivity index (χ3v) is 4.32. The maximum absolute atomic E-state index is 13.4. The first kappa shape index (κ1) is 16.0. The van der Waals surface area contributed by atoms with Crippen molar-refractivity contribution in [1.29, 1.82) is 0 Å². The molecule has 0 saturated heterocycles. The Bertz CT molecular complexity index is 645. The molecular formula is C10H11FN2O6S. The van der Waals surface area contributed by atoms with Crippen LogP contribution in [0, 0.1) is 15.9 Å². The van der Waals surface area contributed by atoms with Gasteiger partial charge in [-0.15, -0.1) is 0 Å². The molecule has 0 aliphatic heterocycles. The van der Waals surface area contributed by atoms with Crippen molar-refractivity contribution in [2.45, 2.75) is 11.3 Å². The Hall–Kier alpha value is -2.07. The summed E-state index contributed by atoms with van der Waals surface area (Å²) in [5, 5.41) is 18.9. The lowest BCUT2D eigenvalue weighted by Gasteiger charge is -2.16. The topological polar surface area (TPSA) is 118 Å². The number of nitro groups is 1. The van der Waals surface area contributed by atoms with Crippen LogP contribution in [0.2, 0.25) is 0 Å². The molecule has 0 atom stereocenters. The number of hydrogen-bond donors (Lipinski definition) is 1. The molecule has 1 aromatic carbocycles. The minimum atomic E-state index is -4.09. The molecule has 0 aliphatic rings. The first-order chi connectivity index (χ1) is 9.16. The number of nitro benzene ring substituents is 1. The number of hydrogen-bond acceptors (Lipinski definition) is 5. The van der Waals surface area contributed by atoms with Crippen molar-refractivity contribution < 1.29 is 27.6 Å². The van der Waals surface area contributed by atoms with E-state index >= 15 is 0 Å². The number of carbonyl (C=O) groups is 1. The quantitative estimate of drug-likeness (QED) is 0.614. The van der Waals surface area contributed by atoms with Crippen LogP contribution >= 0.6 is 0 Å². The second-order valence-electron chi connectivity index (χ2n) is 3.84. The summed E-state index contributed by atoms with van der Waals surface area (Å²) in [6, 6.07) is 2.17. The zero-order valence-electron chi connectivity index (χ0n) is 10.3. The molecule has 0 spiro atoms. The fraction of sp³-hybridized carbons (Fsp3) is 0.300. The number of benzene rings is 1. The van der Waals surface area contributed by atoms with Crippen LogP contribution in [0.15, 0.2) is 23.1 Å². The van der Waals surface area contributed by atoms with Crippen LogP contribution in [0.25, 0.3) is 0 Å². The van der Waals surface area contributed by atoms with Crippen LogP contribution in [0.4, 0.5) is 10.1 Å². The molecule has 0 saturated carbocycles. The minimum Gasteiger partial charge on any atom is -0.481 e. The van der Waals surface area contributed by atoms with E-state index in [2.05, 4.69) is 0 Å². The fourth-order valence-electron chi connectivity index (χ4n) is 1.35. The summed E-state index contributed by atoms with van der Waals surface area (Å²) in [5.74, 6) is -2.45. The second-order valence-corrected chi connectivity index (χ2v) is 5.89. The predicted octanol–water partition coefficient (Wildman–Crippen LogP) is 0.829. The van der Waals surface area contributed by atoms with Crippen molar-refractivity contribution in [2.75, 3.05) is 13.6 Å². The second kappa shape index (κ2) is 5.92.